The summed E-state index contributed by atoms with van der Waals surface area (Å²) in [6.07, 6.45) is -1.19. The first-order valence-corrected chi connectivity index (χ1v) is 6.66. The number of esters is 1. The zero-order chi connectivity index (χ0) is 16.7. The summed E-state index contributed by atoms with van der Waals surface area (Å²) in [6, 6.07) is 2.90. The minimum Gasteiger partial charge on any atom is -0.452 e. The SMILES string of the molecule is C[C@H](OC(=O)CCNC(N)=O)C(=O)Nc1ccc(F)c(Cl)c1. The molecular weight excluding hydrogens is 317 g/mol. The number of hydrogen-bond donors (Lipinski definition) is 3. The van der Waals surface area contributed by atoms with Gasteiger partial charge in [0.15, 0.2) is 6.10 Å². The van der Waals surface area contributed by atoms with Crippen molar-refractivity contribution in [2.24, 2.45) is 5.73 Å². The Morgan fingerprint density at radius 2 is 2.09 bits per heavy atom. The van der Waals surface area contributed by atoms with Crippen LogP contribution < -0.4 is 16.4 Å². The molecule has 0 aliphatic carbocycles. The summed E-state index contributed by atoms with van der Waals surface area (Å²) >= 11 is 5.59. The zero-order valence-electron chi connectivity index (χ0n) is 11.7. The van der Waals surface area contributed by atoms with Crippen molar-refractivity contribution in [1.82, 2.24) is 5.32 Å². The molecule has 120 valence electrons. The van der Waals surface area contributed by atoms with E-state index >= 15 is 0 Å². The molecule has 1 atom stereocenters. The standard InChI is InChI=1S/C13H15ClFN3O4/c1-7(22-11(19)4-5-17-13(16)21)12(20)18-8-2-3-10(15)9(14)6-8/h2-3,6-7H,4-5H2,1H3,(H,18,20)(H3,16,17,21)/t7-/m0/s1. The fraction of sp³-hybridized carbons (Fsp3) is 0.308. The minimum atomic E-state index is -1.06. The number of amides is 3. The zero-order valence-corrected chi connectivity index (χ0v) is 12.4. The van der Waals surface area contributed by atoms with Gasteiger partial charge in [-0.05, 0) is 25.1 Å². The van der Waals surface area contributed by atoms with Crippen LogP contribution in [0.2, 0.25) is 5.02 Å². The Bertz CT molecular complexity index is 582. The molecule has 0 aromatic heterocycles. The quantitative estimate of drug-likeness (QED) is 0.684. The highest BCUT2D eigenvalue weighted by atomic mass is 35.5. The van der Waals surface area contributed by atoms with Crippen LogP contribution in [0, 0.1) is 5.82 Å². The van der Waals surface area contributed by atoms with Crippen LogP contribution in [0.3, 0.4) is 0 Å². The summed E-state index contributed by atoms with van der Waals surface area (Å²) in [7, 11) is 0. The summed E-state index contributed by atoms with van der Waals surface area (Å²) in [5, 5.41) is 4.51. The molecule has 7 nitrogen and oxygen atoms in total. The second-order valence-corrected chi connectivity index (χ2v) is 4.70. The maximum absolute atomic E-state index is 13.0. The van der Waals surface area contributed by atoms with Gasteiger partial charge in [-0.15, -0.1) is 0 Å². The maximum Gasteiger partial charge on any atom is 0.312 e. The monoisotopic (exact) mass is 331 g/mol. The van der Waals surface area contributed by atoms with Gasteiger partial charge in [-0.25, -0.2) is 9.18 Å². The number of carbonyl (C=O) groups excluding carboxylic acids is 3. The lowest BCUT2D eigenvalue weighted by Gasteiger charge is -2.13. The number of rotatable bonds is 6. The number of primary amides is 1. The van der Waals surface area contributed by atoms with Gasteiger partial charge in [0.1, 0.15) is 5.82 Å². The molecule has 0 fully saturated rings. The fourth-order valence-corrected chi connectivity index (χ4v) is 1.60. The number of benzene rings is 1. The number of ether oxygens (including phenoxy) is 1. The summed E-state index contributed by atoms with van der Waals surface area (Å²) in [5.41, 5.74) is 5.11. The van der Waals surface area contributed by atoms with Crippen LogP contribution in [-0.2, 0) is 14.3 Å². The van der Waals surface area contributed by atoms with Gasteiger partial charge >= 0.3 is 12.0 Å². The molecule has 9 heteroatoms. The van der Waals surface area contributed by atoms with Crippen molar-refractivity contribution in [2.75, 3.05) is 11.9 Å². The highest BCUT2D eigenvalue weighted by Crippen LogP contribution is 2.19. The normalized spacial score (nSPS) is 11.4. The number of halogens is 2. The number of carbonyl (C=O) groups is 3. The molecule has 0 radical (unpaired) electrons. The third-order valence-electron chi connectivity index (χ3n) is 2.49. The van der Waals surface area contributed by atoms with E-state index in [0.29, 0.717) is 0 Å². The van der Waals surface area contributed by atoms with Gasteiger partial charge in [0.05, 0.1) is 11.4 Å². The lowest BCUT2D eigenvalue weighted by Crippen LogP contribution is -2.33. The lowest BCUT2D eigenvalue weighted by molar-refractivity contribution is -0.153. The Morgan fingerprint density at radius 1 is 1.41 bits per heavy atom. The molecule has 1 rings (SSSR count). The Kier molecular flexibility index (Phi) is 6.58. The van der Waals surface area contributed by atoms with E-state index in [2.05, 4.69) is 10.6 Å². The van der Waals surface area contributed by atoms with Crippen LogP contribution in [0.5, 0.6) is 0 Å². The summed E-state index contributed by atoms with van der Waals surface area (Å²) in [5.74, 6) is -1.88. The number of urea groups is 1. The molecular formula is C13H15ClFN3O4. The minimum absolute atomic E-state index is 0.01000. The van der Waals surface area contributed by atoms with Gasteiger partial charge in [0.25, 0.3) is 5.91 Å². The first-order valence-electron chi connectivity index (χ1n) is 6.28. The predicted octanol–water partition coefficient (Wildman–Crippen LogP) is 1.41. The van der Waals surface area contributed by atoms with E-state index in [1.807, 2.05) is 0 Å². The van der Waals surface area contributed by atoms with Crippen molar-refractivity contribution < 1.29 is 23.5 Å². The molecule has 0 heterocycles. The number of nitrogens with one attached hydrogen (secondary N) is 2. The van der Waals surface area contributed by atoms with Crippen molar-refractivity contribution >= 4 is 35.2 Å². The Hall–Kier alpha value is -2.35. The first-order chi connectivity index (χ1) is 10.3. The molecule has 0 aliphatic rings. The second-order valence-electron chi connectivity index (χ2n) is 4.29. The maximum atomic E-state index is 13.0. The number of anilines is 1. The van der Waals surface area contributed by atoms with Gasteiger partial charge in [-0.1, -0.05) is 11.6 Å². The fourth-order valence-electron chi connectivity index (χ4n) is 1.42. The van der Waals surface area contributed by atoms with Crippen LogP contribution in [0.25, 0.3) is 0 Å². The van der Waals surface area contributed by atoms with Crippen LogP contribution >= 0.6 is 11.6 Å². The van der Waals surface area contributed by atoms with Gasteiger partial charge in [0.2, 0.25) is 0 Å². The lowest BCUT2D eigenvalue weighted by atomic mass is 10.3. The van der Waals surface area contributed by atoms with Crippen molar-refractivity contribution in [1.29, 1.82) is 0 Å². The predicted molar refractivity (Wildman–Crippen MR) is 77.8 cm³/mol. The van der Waals surface area contributed by atoms with Crippen molar-refractivity contribution in [3.8, 4) is 0 Å². The number of hydrogen-bond acceptors (Lipinski definition) is 4. The van der Waals surface area contributed by atoms with E-state index < -0.39 is 29.8 Å². The second kappa shape index (κ2) is 8.18. The Labute approximate surface area is 130 Å². The summed E-state index contributed by atoms with van der Waals surface area (Å²) < 4.78 is 17.9. The Morgan fingerprint density at radius 3 is 2.68 bits per heavy atom. The molecule has 0 aliphatic heterocycles. The van der Waals surface area contributed by atoms with E-state index in [9.17, 15) is 18.8 Å². The highest BCUT2D eigenvalue weighted by Gasteiger charge is 2.18. The molecule has 0 spiro atoms. The third kappa shape index (κ3) is 5.96. The largest absolute Gasteiger partial charge is 0.452 e. The molecule has 1 aromatic carbocycles. The average molecular weight is 332 g/mol. The summed E-state index contributed by atoms with van der Waals surface area (Å²) in [4.78, 5) is 33.7. The molecule has 0 saturated carbocycles. The van der Waals surface area contributed by atoms with Gasteiger partial charge < -0.3 is 21.1 Å². The molecule has 3 amide bonds. The van der Waals surface area contributed by atoms with Crippen molar-refractivity contribution in [2.45, 2.75) is 19.4 Å². The molecule has 0 saturated heterocycles. The molecule has 1 aromatic rings. The average Bonchev–Trinajstić information content (AvgIpc) is 2.42. The van der Waals surface area contributed by atoms with E-state index in [1.165, 1.54) is 19.1 Å². The van der Waals surface area contributed by atoms with E-state index in [0.717, 1.165) is 6.07 Å². The van der Waals surface area contributed by atoms with Gasteiger partial charge in [-0.3, -0.25) is 9.59 Å². The first kappa shape index (κ1) is 17.7. The molecule has 4 N–H and O–H groups in total. The Balaban J connectivity index is 2.45. The molecule has 0 bridgehead atoms. The van der Waals surface area contributed by atoms with Gasteiger partial charge in [-0.2, -0.15) is 0 Å². The van der Waals surface area contributed by atoms with Gasteiger partial charge in [0, 0.05) is 12.2 Å². The van der Waals surface area contributed by atoms with E-state index in [4.69, 9.17) is 22.1 Å². The molecule has 0 unspecified atom stereocenters. The topological polar surface area (TPSA) is 111 Å². The van der Waals surface area contributed by atoms with E-state index in [-0.39, 0.29) is 23.7 Å². The van der Waals surface area contributed by atoms with E-state index in [1.54, 1.807) is 0 Å². The summed E-state index contributed by atoms with van der Waals surface area (Å²) in [6.45, 7) is 1.38. The highest BCUT2D eigenvalue weighted by molar-refractivity contribution is 6.31. The van der Waals surface area contributed by atoms with Crippen LogP contribution in [0.4, 0.5) is 14.9 Å². The van der Waals surface area contributed by atoms with Crippen LogP contribution in [0.15, 0.2) is 18.2 Å². The van der Waals surface area contributed by atoms with Crippen LogP contribution in [0.1, 0.15) is 13.3 Å². The van der Waals surface area contributed by atoms with Crippen LogP contribution in [-0.4, -0.2) is 30.6 Å². The molecule has 22 heavy (non-hydrogen) atoms. The van der Waals surface area contributed by atoms with Crippen molar-refractivity contribution in [3.63, 3.8) is 0 Å². The number of nitrogens with two attached hydrogens (primary N) is 1. The third-order valence-corrected chi connectivity index (χ3v) is 2.78. The van der Waals surface area contributed by atoms with Crippen molar-refractivity contribution in [3.05, 3.63) is 29.0 Å². The smallest absolute Gasteiger partial charge is 0.312 e.